The number of hydrogen-bond acceptors (Lipinski definition) is 6. The molecule has 0 radical (unpaired) electrons. The van der Waals surface area contributed by atoms with E-state index in [4.69, 9.17) is 27.9 Å². The van der Waals surface area contributed by atoms with Crippen molar-refractivity contribution in [2.45, 2.75) is 43.4 Å². The van der Waals surface area contributed by atoms with Crippen molar-refractivity contribution >= 4 is 34.1 Å². The van der Waals surface area contributed by atoms with Gasteiger partial charge >= 0.3 is 0 Å². The van der Waals surface area contributed by atoms with Crippen molar-refractivity contribution in [2.24, 2.45) is 5.92 Å². The van der Waals surface area contributed by atoms with Crippen molar-refractivity contribution in [3.8, 4) is 23.1 Å². The van der Waals surface area contributed by atoms with Gasteiger partial charge in [0, 0.05) is 48.2 Å². The molecule has 4 aliphatic rings. The van der Waals surface area contributed by atoms with E-state index in [2.05, 4.69) is 35.7 Å². The molecule has 10 heteroatoms. The van der Waals surface area contributed by atoms with E-state index in [0.29, 0.717) is 60.1 Å². The molecule has 2 aliphatic heterocycles. The number of likely N-dealkylation sites (tertiary alicyclic amines) is 1. The molecule has 7 rings (SSSR count). The number of likely N-dealkylation sites (N-methyl/N-ethyl adjacent to an activating group) is 1. The number of fused-ring (bicyclic) bond motifs is 4. The Labute approximate surface area is 267 Å². The van der Waals surface area contributed by atoms with Gasteiger partial charge in [0.25, 0.3) is 0 Å². The molecule has 1 saturated carbocycles. The molecule has 0 N–H and O–H groups in total. The third-order valence-corrected chi connectivity index (χ3v) is 10.3. The standard InChI is InChI=1S/C35H34ClFN6O2/c1-4-32(44)43-9-8-42(18-24(43)16-39-2)34-28-13-30(36)27(25-7-5-6-20-10-21-11-26(21)33(20)25)14-31(28)40-35(29(34)15-38)45-19-23-12-22(37)17-41(23)3/h4-7,13-14,21-24,26H,1,8-12,16-19H2,3H3/t21?,22-,23+,24+,26?/m1/s1. The molecule has 2 saturated heterocycles. The highest BCUT2D eigenvalue weighted by Crippen LogP contribution is 2.59. The quantitative estimate of drug-likeness (QED) is 0.251. The summed E-state index contributed by atoms with van der Waals surface area (Å²) in [7, 11) is 1.87. The monoisotopic (exact) mass is 624 g/mol. The van der Waals surface area contributed by atoms with Crippen LogP contribution in [0.5, 0.6) is 5.88 Å². The number of carbonyl (C=O) groups excluding carboxylic acids is 1. The maximum absolute atomic E-state index is 14.2. The average Bonchev–Trinajstić information content (AvgIpc) is 3.58. The lowest BCUT2D eigenvalue weighted by Crippen LogP contribution is -2.56. The first-order chi connectivity index (χ1) is 21.8. The van der Waals surface area contributed by atoms with Gasteiger partial charge in [-0.05, 0) is 73.0 Å². The number of alkyl halides is 1. The molecular formula is C35H34ClFN6O2. The molecule has 0 bridgehead atoms. The highest BCUT2D eigenvalue weighted by Gasteiger charge is 2.46. The van der Waals surface area contributed by atoms with E-state index in [-0.39, 0.29) is 42.6 Å². The zero-order valence-electron chi connectivity index (χ0n) is 25.2. The predicted octanol–water partition coefficient (Wildman–Crippen LogP) is 5.63. The molecule has 3 aromatic rings. The predicted molar refractivity (Wildman–Crippen MR) is 172 cm³/mol. The fourth-order valence-electron chi connectivity index (χ4n) is 7.67. The van der Waals surface area contributed by atoms with Crippen LogP contribution in [-0.4, -0.2) is 85.3 Å². The number of piperazine rings is 1. The molecule has 5 atom stereocenters. The maximum Gasteiger partial charge on any atom is 0.246 e. The molecule has 3 fully saturated rings. The SMILES string of the molecule is [C-]#[N+]C[C@H]1CN(c2c(C#N)c(OC[C@@H]3C[C@@H](F)CN3C)nc3cc(-c4cccc5c4C4CC4C5)c(Cl)cc23)CCN1C(=O)C=C. The minimum Gasteiger partial charge on any atom is -0.475 e. The minimum absolute atomic E-state index is 0.120. The topological polar surface area (TPSA) is 77.1 Å². The lowest BCUT2D eigenvalue weighted by molar-refractivity contribution is -0.128. The normalized spacial score (nSPS) is 25.4. The van der Waals surface area contributed by atoms with Crippen molar-refractivity contribution in [1.29, 1.82) is 5.26 Å². The van der Waals surface area contributed by atoms with Gasteiger partial charge in [0.05, 0.1) is 11.2 Å². The summed E-state index contributed by atoms with van der Waals surface area (Å²) >= 11 is 7.08. The van der Waals surface area contributed by atoms with Gasteiger partial charge in [-0.25, -0.2) is 15.9 Å². The first kappa shape index (κ1) is 29.5. The molecule has 1 aromatic heterocycles. The van der Waals surface area contributed by atoms with Crippen molar-refractivity contribution in [1.82, 2.24) is 14.8 Å². The molecule has 8 nitrogen and oxygen atoms in total. The van der Waals surface area contributed by atoms with Gasteiger partial charge in [-0.3, -0.25) is 9.69 Å². The third kappa shape index (κ3) is 5.18. The molecule has 1 amide bonds. The molecular weight excluding hydrogens is 591 g/mol. The number of carbonyl (C=O) groups is 1. The van der Waals surface area contributed by atoms with Crippen LogP contribution in [0.2, 0.25) is 5.02 Å². The molecule has 3 heterocycles. The van der Waals surface area contributed by atoms with Crippen LogP contribution < -0.4 is 9.64 Å². The molecule has 230 valence electrons. The van der Waals surface area contributed by atoms with E-state index < -0.39 is 6.17 Å². The van der Waals surface area contributed by atoms with E-state index in [1.54, 1.807) is 4.90 Å². The third-order valence-electron chi connectivity index (χ3n) is 10.00. The van der Waals surface area contributed by atoms with Crippen LogP contribution in [0, 0.1) is 23.8 Å². The van der Waals surface area contributed by atoms with Gasteiger partial charge in [0.1, 0.15) is 30.5 Å². The highest BCUT2D eigenvalue weighted by molar-refractivity contribution is 6.34. The Morgan fingerprint density at radius 3 is 2.84 bits per heavy atom. The second kappa shape index (κ2) is 11.6. The summed E-state index contributed by atoms with van der Waals surface area (Å²) in [5, 5.41) is 11.8. The van der Waals surface area contributed by atoms with Crippen LogP contribution in [0.25, 0.3) is 26.9 Å². The van der Waals surface area contributed by atoms with E-state index in [9.17, 15) is 14.4 Å². The number of pyridine rings is 1. The molecule has 2 unspecified atom stereocenters. The van der Waals surface area contributed by atoms with Crippen molar-refractivity contribution < 1.29 is 13.9 Å². The van der Waals surface area contributed by atoms with Crippen molar-refractivity contribution in [3.63, 3.8) is 0 Å². The van der Waals surface area contributed by atoms with E-state index >= 15 is 0 Å². The number of ether oxygens (including phenoxy) is 1. The van der Waals surface area contributed by atoms with Gasteiger partial charge in [0.2, 0.25) is 18.3 Å². The maximum atomic E-state index is 14.2. The largest absolute Gasteiger partial charge is 0.475 e. The van der Waals surface area contributed by atoms with Crippen LogP contribution in [-0.2, 0) is 11.2 Å². The summed E-state index contributed by atoms with van der Waals surface area (Å²) in [5.41, 5.74) is 6.29. The van der Waals surface area contributed by atoms with Crippen LogP contribution in [0.1, 0.15) is 35.4 Å². The van der Waals surface area contributed by atoms with Gasteiger partial charge in [0.15, 0.2) is 0 Å². The zero-order chi connectivity index (χ0) is 31.4. The zero-order valence-corrected chi connectivity index (χ0v) is 25.9. The minimum atomic E-state index is -0.920. The number of nitriles is 1. The van der Waals surface area contributed by atoms with Crippen molar-refractivity contribution in [3.05, 3.63) is 76.1 Å². The fraction of sp³-hybridized carbons (Fsp3) is 0.429. The molecule has 2 aromatic carbocycles. The number of aromatic nitrogens is 1. The summed E-state index contributed by atoms with van der Waals surface area (Å²) in [5.74, 6) is 1.26. The smallest absolute Gasteiger partial charge is 0.246 e. The van der Waals surface area contributed by atoms with Crippen LogP contribution >= 0.6 is 11.6 Å². The van der Waals surface area contributed by atoms with Gasteiger partial charge < -0.3 is 19.4 Å². The fourth-order valence-corrected chi connectivity index (χ4v) is 7.93. The number of benzene rings is 2. The Balaban J connectivity index is 1.35. The number of nitrogens with zero attached hydrogens (tertiary/aromatic N) is 6. The second-order valence-electron chi connectivity index (χ2n) is 12.7. The van der Waals surface area contributed by atoms with E-state index in [1.165, 1.54) is 23.6 Å². The van der Waals surface area contributed by atoms with Crippen LogP contribution in [0.3, 0.4) is 0 Å². The molecule has 45 heavy (non-hydrogen) atoms. The van der Waals surface area contributed by atoms with Gasteiger partial charge in [-0.2, -0.15) is 5.26 Å². The Morgan fingerprint density at radius 1 is 1.27 bits per heavy atom. The number of anilines is 1. The van der Waals surface area contributed by atoms with Gasteiger partial charge in [-0.1, -0.05) is 36.4 Å². The van der Waals surface area contributed by atoms with E-state index in [1.807, 2.05) is 29.0 Å². The Bertz CT molecular complexity index is 1800. The Hall–Kier alpha value is -4.18. The lowest BCUT2D eigenvalue weighted by Gasteiger charge is -2.40. The molecule has 2 aliphatic carbocycles. The lowest BCUT2D eigenvalue weighted by atomic mass is 9.93. The van der Waals surface area contributed by atoms with Crippen LogP contribution in [0.15, 0.2) is 43.0 Å². The summed E-state index contributed by atoms with van der Waals surface area (Å²) in [6, 6.07) is 12.1. The summed E-state index contributed by atoms with van der Waals surface area (Å²) in [6.07, 6.45) is 3.03. The Kier molecular flexibility index (Phi) is 7.63. The average molecular weight is 625 g/mol. The summed E-state index contributed by atoms with van der Waals surface area (Å²) in [6.45, 7) is 13.0. The van der Waals surface area contributed by atoms with E-state index in [0.717, 1.165) is 23.5 Å². The highest BCUT2D eigenvalue weighted by atomic mass is 35.5. The number of amides is 1. The second-order valence-corrected chi connectivity index (χ2v) is 13.1. The number of rotatable bonds is 7. The number of halogens is 2. The first-order valence-electron chi connectivity index (χ1n) is 15.5. The summed E-state index contributed by atoms with van der Waals surface area (Å²) in [4.78, 5) is 26.8. The van der Waals surface area contributed by atoms with Crippen molar-refractivity contribution in [2.75, 3.05) is 51.3 Å². The first-order valence-corrected chi connectivity index (χ1v) is 15.9. The number of hydrogen-bond donors (Lipinski definition) is 0. The molecule has 0 spiro atoms. The summed E-state index contributed by atoms with van der Waals surface area (Å²) < 4.78 is 20.4. The Morgan fingerprint density at radius 2 is 2.11 bits per heavy atom. The van der Waals surface area contributed by atoms with Gasteiger partial charge in [-0.15, -0.1) is 0 Å². The van der Waals surface area contributed by atoms with Crippen LogP contribution in [0.4, 0.5) is 10.1 Å².